The largest absolute Gasteiger partial charge is 0.376 e. The summed E-state index contributed by atoms with van der Waals surface area (Å²) in [5.41, 5.74) is 9.21. The minimum absolute atomic E-state index is 0.195. The molecule has 2 aliphatic rings. The summed E-state index contributed by atoms with van der Waals surface area (Å²) in [7, 11) is -3.43. The van der Waals surface area contributed by atoms with E-state index in [-0.39, 0.29) is 16.3 Å². The molecule has 0 saturated heterocycles. The van der Waals surface area contributed by atoms with E-state index >= 15 is 0 Å². The van der Waals surface area contributed by atoms with Crippen LogP contribution in [0.4, 0.5) is 15.8 Å². The lowest BCUT2D eigenvalue weighted by Gasteiger charge is -2.24. The van der Waals surface area contributed by atoms with Crippen LogP contribution in [-0.2, 0) is 9.84 Å². The van der Waals surface area contributed by atoms with Gasteiger partial charge >= 0.3 is 0 Å². The zero-order valence-corrected chi connectivity index (χ0v) is 24.7. The third-order valence-electron chi connectivity index (χ3n) is 7.23. The molecule has 9 nitrogen and oxygen atoms in total. The highest BCUT2D eigenvalue weighted by molar-refractivity contribution is 7.90. The molecule has 1 saturated carbocycles. The second-order valence-electron chi connectivity index (χ2n) is 10.6. The minimum Gasteiger partial charge on any atom is -0.376 e. The van der Waals surface area contributed by atoms with Crippen LogP contribution >= 0.6 is 11.6 Å². The number of hydrazine groups is 2. The highest BCUT2D eigenvalue weighted by Crippen LogP contribution is 2.38. The maximum atomic E-state index is 13.9. The van der Waals surface area contributed by atoms with Crippen molar-refractivity contribution >= 4 is 43.7 Å². The SMILES string of the molecule is [2H][C@@](Nc1cc(Cl)c2ncc(C#N)c(N[C@H](CS(C)(=O)=O)c3ccccc3)c2c1)(C1=CN(C2CC2)NN1)c1ccc(F)cc1. The Labute approximate surface area is 255 Å². The molecule has 1 fully saturated rings. The summed E-state index contributed by atoms with van der Waals surface area (Å²) >= 11 is 6.75. The maximum absolute atomic E-state index is 13.9. The highest BCUT2D eigenvalue weighted by atomic mass is 35.5. The van der Waals surface area contributed by atoms with E-state index in [1.807, 2.05) is 41.5 Å². The number of hydrogen-bond donors (Lipinski definition) is 4. The third-order valence-corrected chi connectivity index (χ3v) is 8.46. The molecule has 220 valence electrons. The number of fused-ring (bicyclic) bond motifs is 1. The standard InChI is InChI=1S/C31H29ClFN7O2S/c1-43(41,42)18-28(19-5-3-2-4-6-19)37-29-21(15-34)16-35-31-25(29)13-23(14-26(31)32)36-30(20-7-9-22(33)10-8-20)27-17-40(39-38-27)24-11-12-24/h2-10,13-14,16-17,24,28,30,36,38-39H,11-12,18H2,1H3,(H,35,37)/t28-,30+/m1/s1/i30D. The molecular weight excluding hydrogens is 589 g/mol. The van der Waals surface area contributed by atoms with Crippen LogP contribution in [0.2, 0.25) is 5.02 Å². The first-order valence-electron chi connectivity index (χ1n) is 14.1. The van der Waals surface area contributed by atoms with Crippen molar-refractivity contribution < 1.29 is 14.2 Å². The summed E-state index contributed by atoms with van der Waals surface area (Å²) in [5.74, 6) is -0.647. The quantitative estimate of drug-likeness (QED) is 0.180. The summed E-state index contributed by atoms with van der Waals surface area (Å²) in [5, 5.41) is 19.2. The first kappa shape index (κ1) is 27.5. The number of anilines is 2. The number of nitrogens with one attached hydrogen (secondary N) is 4. The van der Waals surface area contributed by atoms with E-state index < -0.39 is 27.7 Å². The Kier molecular flexibility index (Phi) is 7.49. The van der Waals surface area contributed by atoms with E-state index in [9.17, 15) is 19.4 Å². The van der Waals surface area contributed by atoms with Crippen LogP contribution in [-0.4, -0.2) is 36.5 Å². The van der Waals surface area contributed by atoms with Crippen molar-refractivity contribution in [2.24, 2.45) is 0 Å². The minimum atomic E-state index is -3.43. The highest BCUT2D eigenvalue weighted by Gasteiger charge is 2.32. The number of sulfone groups is 1. The Hall–Kier alpha value is -4.37. The van der Waals surface area contributed by atoms with Crippen LogP contribution in [0.15, 0.2) is 84.8 Å². The summed E-state index contributed by atoms with van der Waals surface area (Å²) in [4.78, 5) is 4.42. The number of halogens is 2. The van der Waals surface area contributed by atoms with Crippen LogP contribution in [0.3, 0.4) is 0 Å². The Morgan fingerprint density at radius 2 is 1.91 bits per heavy atom. The third kappa shape index (κ3) is 6.51. The number of benzene rings is 3. The molecule has 43 heavy (non-hydrogen) atoms. The van der Waals surface area contributed by atoms with Crippen LogP contribution in [0.5, 0.6) is 0 Å². The van der Waals surface area contributed by atoms with Gasteiger partial charge in [0, 0.05) is 35.8 Å². The molecule has 4 aromatic rings. The molecule has 12 heteroatoms. The van der Waals surface area contributed by atoms with Crippen LogP contribution < -0.4 is 21.6 Å². The number of nitriles is 1. The first-order chi connectivity index (χ1) is 21.0. The van der Waals surface area contributed by atoms with Gasteiger partial charge in [0.05, 0.1) is 46.7 Å². The average molecular weight is 619 g/mol. The zero-order valence-electron chi connectivity index (χ0n) is 24.1. The van der Waals surface area contributed by atoms with Gasteiger partial charge in [-0.2, -0.15) is 5.26 Å². The van der Waals surface area contributed by atoms with Gasteiger partial charge in [0.25, 0.3) is 0 Å². The normalized spacial score (nSPS) is 17.3. The molecule has 1 aliphatic heterocycles. The molecule has 0 amide bonds. The fourth-order valence-electron chi connectivity index (χ4n) is 5.02. The van der Waals surface area contributed by atoms with E-state index in [1.54, 1.807) is 12.1 Å². The van der Waals surface area contributed by atoms with E-state index in [4.69, 9.17) is 11.6 Å². The molecule has 4 N–H and O–H groups in total. The van der Waals surface area contributed by atoms with Gasteiger partial charge in [-0.25, -0.2) is 12.8 Å². The van der Waals surface area contributed by atoms with Gasteiger partial charge in [-0.05, 0) is 48.2 Å². The lowest BCUT2D eigenvalue weighted by Crippen LogP contribution is -2.38. The summed E-state index contributed by atoms with van der Waals surface area (Å²) in [6.45, 7) is 0. The smallest absolute Gasteiger partial charge is 0.149 e. The monoisotopic (exact) mass is 618 g/mol. The molecular formula is C31H29ClFN7O2S. The molecule has 0 spiro atoms. The summed E-state index contributed by atoms with van der Waals surface area (Å²) in [6, 6.07) is 18.3. The lowest BCUT2D eigenvalue weighted by atomic mass is 10.0. The molecule has 2 atom stereocenters. The predicted molar refractivity (Wildman–Crippen MR) is 166 cm³/mol. The molecule has 6 rings (SSSR count). The van der Waals surface area contributed by atoms with Crippen molar-refractivity contribution in [3.05, 3.63) is 112 Å². The summed E-state index contributed by atoms with van der Waals surface area (Å²) < 4.78 is 48.4. The van der Waals surface area contributed by atoms with Gasteiger partial charge in [-0.1, -0.05) is 54.1 Å². The molecule has 2 heterocycles. The molecule has 3 aromatic carbocycles. The second kappa shape index (κ2) is 11.7. The van der Waals surface area contributed by atoms with Crippen LogP contribution in [0, 0.1) is 17.1 Å². The average Bonchev–Trinajstić information content (AvgIpc) is 3.72. The number of rotatable bonds is 10. The van der Waals surface area contributed by atoms with Crippen molar-refractivity contribution in [1.82, 2.24) is 21.0 Å². The Morgan fingerprint density at radius 3 is 2.58 bits per heavy atom. The van der Waals surface area contributed by atoms with Gasteiger partial charge in [0.1, 0.15) is 21.7 Å². The van der Waals surface area contributed by atoms with Crippen molar-refractivity contribution in [3.8, 4) is 6.07 Å². The Balaban J connectivity index is 1.46. The fraction of sp³-hybridized carbons (Fsp3) is 0.226. The van der Waals surface area contributed by atoms with Crippen LogP contribution in [0.1, 0.15) is 43.0 Å². The predicted octanol–water partition coefficient (Wildman–Crippen LogP) is 5.58. The van der Waals surface area contributed by atoms with E-state index in [0.717, 1.165) is 24.7 Å². The van der Waals surface area contributed by atoms with Gasteiger partial charge in [-0.3, -0.25) is 9.99 Å². The first-order valence-corrected chi connectivity index (χ1v) is 16.1. The number of pyridine rings is 1. The molecule has 0 bridgehead atoms. The topological polar surface area (TPSA) is 122 Å². The van der Waals surface area contributed by atoms with Crippen LogP contribution in [0.25, 0.3) is 10.9 Å². The molecule has 1 aromatic heterocycles. The second-order valence-corrected chi connectivity index (χ2v) is 13.2. The number of aromatic nitrogens is 1. The Bertz CT molecular complexity index is 1900. The maximum Gasteiger partial charge on any atom is 0.149 e. The summed E-state index contributed by atoms with van der Waals surface area (Å²) in [6.07, 6.45) is 6.43. The number of hydrogen-bond acceptors (Lipinski definition) is 9. The van der Waals surface area contributed by atoms with Gasteiger partial charge in [0.2, 0.25) is 0 Å². The number of nitrogens with zero attached hydrogens (tertiary/aromatic N) is 3. The zero-order chi connectivity index (χ0) is 31.1. The van der Waals surface area contributed by atoms with Crippen molar-refractivity contribution in [3.63, 3.8) is 0 Å². The van der Waals surface area contributed by atoms with E-state index in [2.05, 4.69) is 32.6 Å². The van der Waals surface area contributed by atoms with Crippen molar-refractivity contribution in [2.45, 2.75) is 30.9 Å². The molecule has 1 aliphatic carbocycles. The lowest BCUT2D eigenvalue weighted by molar-refractivity contribution is 0.260. The Morgan fingerprint density at radius 1 is 1.16 bits per heavy atom. The van der Waals surface area contributed by atoms with E-state index in [0.29, 0.717) is 39.6 Å². The van der Waals surface area contributed by atoms with Gasteiger partial charge < -0.3 is 16.1 Å². The van der Waals surface area contributed by atoms with Crippen molar-refractivity contribution in [2.75, 3.05) is 22.6 Å². The van der Waals surface area contributed by atoms with E-state index in [1.165, 1.54) is 30.5 Å². The molecule has 0 unspecified atom stereocenters. The molecule has 0 radical (unpaired) electrons. The van der Waals surface area contributed by atoms with Crippen molar-refractivity contribution in [1.29, 1.82) is 5.26 Å². The van der Waals surface area contributed by atoms with Gasteiger partial charge in [0.15, 0.2) is 0 Å². The fourth-order valence-corrected chi connectivity index (χ4v) is 6.17. The van der Waals surface area contributed by atoms with Gasteiger partial charge in [-0.15, -0.1) is 5.53 Å².